The predicted octanol–water partition coefficient (Wildman–Crippen LogP) is 2.78. The summed E-state index contributed by atoms with van der Waals surface area (Å²) >= 11 is 11.7. The molecule has 0 N–H and O–H groups in total. The van der Waals surface area contributed by atoms with E-state index in [1.54, 1.807) is 12.0 Å². The highest BCUT2D eigenvalue weighted by Crippen LogP contribution is 2.33. The molecule has 1 fully saturated rings. The largest absolute Gasteiger partial charge is 0.380 e. The molecule has 1 saturated heterocycles. The van der Waals surface area contributed by atoms with Crippen LogP contribution in [0, 0.1) is 0 Å². The van der Waals surface area contributed by atoms with Crippen LogP contribution in [0.3, 0.4) is 0 Å². The molecule has 1 unspecified atom stereocenters. The maximum Gasteiger partial charge on any atom is 0.262 e. The predicted molar refractivity (Wildman–Crippen MR) is 80.8 cm³/mol. The molecule has 0 bridgehead atoms. The molecule has 9 heteroatoms. The topological polar surface area (TPSA) is 63.7 Å². The molecular formula is C12H12Cl3NO4S. The van der Waals surface area contributed by atoms with E-state index in [1.165, 1.54) is 6.07 Å². The zero-order chi connectivity index (χ0) is 15.8. The van der Waals surface area contributed by atoms with Gasteiger partial charge in [0.15, 0.2) is 0 Å². The lowest BCUT2D eigenvalue weighted by Gasteiger charge is -2.17. The Balaban J connectivity index is 2.37. The van der Waals surface area contributed by atoms with Gasteiger partial charge in [0, 0.05) is 36.4 Å². The first-order valence-corrected chi connectivity index (χ1v) is 9.06. The van der Waals surface area contributed by atoms with Gasteiger partial charge in [0.05, 0.1) is 16.1 Å². The number of likely N-dealkylation sites (tertiary alicyclic amines) is 1. The second-order valence-electron chi connectivity index (χ2n) is 4.61. The van der Waals surface area contributed by atoms with Crippen molar-refractivity contribution in [3.63, 3.8) is 0 Å². The number of ether oxygens (including phenoxy) is 1. The molecule has 1 amide bonds. The third-order valence-corrected chi connectivity index (χ3v) is 5.53. The highest BCUT2D eigenvalue weighted by atomic mass is 35.7. The minimum Gasteiger partial charge on any atom is -0.380 e. The standard InChI is InChI=1S/C12H12Cl3NO4S/c1-20-8-2-3-16(6-8)12(17)7-4-9(13)11(14)10(5-7)21(15,18)19/h4-5,8H,2-3,6H2,1H3. The number of hydrogen-bond acceptors (Lipinski definition) is 4. The highest BCUT2D eigenvalue weighted by Gasteiger charge is 2.28. The minimum atomic E-state index is -4.09. The van der Waals surface area contributed by atoms with E-state index >= 15 is 0 Å². The molecule has 5 nitrogen and oxygen atoms in total. The number of benzene rings is 1. The summed E-state index contributed by atoms with van der Waals surface area (Å²) in [5.41, 5.74) is 0.125. The van der Waals surface area contributed by atoms with Crippen LogP contribution in [0.2, 0.25) is 10.0 Å². The van der Waals surface area contributed by atoms with Crippen LogP contribution in [0.5, 0.6) is 0 Å². The Labute approximate surface area is 137 Å². The molecule has 21 heavy (non-hydrogen) atoms. The van der Waals surface area contributed by atoms with Crippen molar-refractivity contribution in [1.82, 2.24) is 4.90 Å². The fourth-order valence-corrected chi connectivity index (χ4v) is 3.92. The van der Waals surface area contributed by atoms with Gasteiger partial charge in [-0.3, -0.25) is 4.79 Å². The molecule has 1 aromatic rings. The number of methoxy groups -OCH3 is 1. The summed E-state index contributed by atoms with van der Waals surface area (Å²) in [4.78, 5) is 13.6. The van der Waals surface area contributed by atoms with E-state index < -0.39 is 9.05 Å². The van der Waals surface area contributed by atoms with Crippen molar-refractivity contribution in [3.8, 4) is 0 Å². The van der Waals surface area contributed by atoms with Gasteiger partial charge in [-0.15, -0.1) is 0 Å². The summed E-state index contributed by atoms with van der Waals surface area (Å²) in [5, 5.41) is -0.233. The Morgan fingerprint density at radius 2 is 2.05 bits per heavy atom. The molecule has 1 heterocycles. The average Bonchev–Trinajstić information content (AvgIpc) is 2.88. The van der Waals surface area contributed by atoms with Gasteiger partial charge >= 0.3 is 0 Å². The molecule has 116 valence electrons. The Morgan fingerprint density at radius 1 is 1.38 bits per heavy atom. The summed E-state index contributed by atoms with van der Waals surface area (Å²) < 4.78 is 28.1. The SMILES string of the molecule is COC1CCN(C(=O)c2cc(Cl)c(Cl)c(S(=O)(=O)Cl)c2)C1. The molecule has 0 aliphatic carbocycles. The minimum absolute atomic E-state index is 0.0204. The number of amides is 1. The van der Waals surface area contributed by atoms with Gasteiger partial charge < -0.3 is 9.64 Å². The van der Waals surface area contributed by atoms with Crippen molar-refractivity contribution in [2.75, 3.05) is 20.2 Å². The summed E-state index contributed by atoms with van der Waals surface area (Å²) in [6, 6.07) is 2.47. The lowest BCUT2D eigenvalue weighted by atomic mass is 10.2. The number of halogens is 3. The maximum absolute atomic E-state index is 12.4. The number of carbonyl (C=O) groups excluding carboxylic acids is 1. The summed E-state index contributed by atoms with van der Waals surface area (Å²) in [6.07, 6.45) is 0.706. The Hall–Kier alpha value is -0.530. The van der Waals surface area contributed by atoms with Crippen molar-refractivity contribution in [3.05, 3.63) is 27.7 Å². The van der Waals surface area contributed by atoms with Gasteiger partial charge in [0.2, 0.25) is 0 Å². The molecule has 2 rings (SSSR count). The molecule has 0 spiro atoms. The summed E-state index contributed by atoms with van der Waals surface area (Å²) in [5.74, 6) is -0.338. The van der Waals surface area contributed by atoms with Crippen molar-refractivity contribution in [2.24, 2.45) is 0 Å². The molecule has 0 aromatic heterocycles. The van der Waals surface area contributed by atoms with E-state index in [2.05, 4.69) is 0 Å². The van der Waals surface area contributed by atoms with E-state index in [1.807, 2.05) is 0 Å². The summed E-state index contributed by atoms with van der Waals surface area (Å²) in [6.45, 7) is 0.971. The lowest BCUT2D eigenvalue weighted by molar-refractivity contribution is 0.0724. The number of rotatable bonds is 3. The van der Waals surface area contributed by atoms with Crippen LogP contribution >= 0.6 is 33.9 Å². The number of hydrogen-bond donors (Lipinski definition) is 0. The van der Waals surface area contributed by atoms with Gasteiger partial charge in [0.1, 0.15) is 4.90 Å². The van der Waals surface area contributed by atoms with Gasteiger partial charge in [0.25, 0.3) is 15.0 Å². The van der Waals surface area contributed by atoms with Crippen LogP contribution in [0.25, 0.3) is 0 Å². The molecule has 1 aromatic carbocycles. The van der Waals surface area contributed by atoms with Crippen molar-refractivity contribution in [1.29, 1.82) is 0 Å². The fourth-order valence-electron chi connectivity index (χ4n) is 2.15. The Bertz CT molecular complexity index is 677. The second-order valence-corrected chi connectivity index (χ2v) is 7.93. The van der Waals surface area contributed by atoms with Crippen molar-refractivity contribution in [2.45, 2.75) is 17.4 Å². The van der Waals surface area contributed by atoms with Crippen LogP contribution in [-0.4, -0.2) is 45.5 Å². The first kappa shape index (κ1) is 16.8. The smallest absolute Gasteiger partial charge is 0.262 e. The first-order chi connectivity index (χ1) is 9.74. The molecule has 1 aliphatic rings. The van der Waals surface area contributed by atoms with Crippen LogP contribution in [0.15, 0.2) is 17.0 Å². The zero-order valence-electron chi connectivity index (χ0n) is 11.0. The Morgan fingerprint density at radius 3 is 2.57 bits per heavy atom. The normalized spacial score (nSPS) is 19.0. The van der Waals surface area contributed by atoms with E-state index in [-0.39, 0.29) is 32.5 Å². The maximum atomic E-state index is 12.4. The summed E-state index contributed by atoms with van der Waals surface area (Å²) in [7, 11) is 2.79. The fraction of sp³-hybridized carbons (Fsp3) is 0.417. The second kappa shape index (κ2) is 6.30. The van der Waals surface area contributed by atoms with Crippen LogP contribution in [0.4, 0.5) is 0 Å². The van der Waals surface area contributed by atoms with Gasteiger partial charge in [-0.05, 0) is 18.6 Å². The third kappa shape index (κ3) is 3.63. The average molecular weight is 373 g/mol. The number of carbonyl (C=O) groups is 1. The lowest BCUT2D eigenvalue weighted by Crippen LogP contribution is -2.30. The number of nitrogens with zero attached hydrogens (tertiary/aromatic N) is 1. The third-order valence-electron chi connectivity index (χ3n) is 3.27. The van der Waals surface area contributed by atoms with Crippen LogP contribution in [0.1, 0.15) is 16.8 Å². The Kier molecular flexibility index (Phi) is 5.05. The molecule has 0 radical (unpaired) electrons. The van der Waals surface area contributed by atoms with Crippen molar-refractivity contribution < 1.29 is 17.9 Å². The molecular weight excluding hydrogens is 361 g/mol. The van der Waals surface area contributed by atoms with E-state index in [9.17, 15) is 13.2 Å². The molecule has 1 atom stereocenters. The van der Waals surface area contributed by atoms with E-state index in [0.29, 0.717) is 13.1 Å². The monoisotopic (exact) mass is 371 g/mol. The van der Waals surface area contributed by atoms with E-state index in [4.69, 9.17) is 38.6 Å². The van der Waals surface area contributed by atoms with Crippen molar-refractivity contribution >= 4 is 48.8 Å². The van der Waals surface area contributed by atoms with Gasteiger partial charge in [-0.1, -0.05) is 23.2 Å². The van der Waals surface area contributed by atoms with Gasteiger partial charge in [-0.25, -0.2) is 8.42 Å². The first-order valence-electron chi connectivity index (χ1n) is 6.00. The van der Waals surface area contributed by atoms with Crippen LogP contribution < -0.4 is 0 Å². The molecule has 1 aliphatic heterocycles. The zero-order valence-corrected chi connectivity index (χ0v) is 14.1. The van der Waals surface area contributed by atoms with Gasteiger partial charge in [-0.2, -0.15) is 0 Å². The molecule has 0 saturated carbocycles. The van der Waals surface area contributed by atoms with E-state index in [0.717, 1.165) is 12.5 Å². The van der Waals surface area contributed by atoms with Crippen LogP contribution in [-0.2, 0) is 13.8 Å². The quantitative estimate of drug-likeness (QED) is 0.765. The highest BCUT2D eigenvalue weighted by molar-refractivity contribution is 8.13.